The van der Waals surface area contributed by atoms with Crippen molar-refractivity contribution >= 4 is 17.6 Å². The van der Waals surface area contributed by atoms with Crippen molar-refractivity contribution < 1.29 is 18.7 Å². The van der Waals surface area contributed by atoms with Gasteiger partial charge < -0.3 is 19.0 Å². The molecule has 1 fully saturated rings. The van der Waals surface area contributed by atoms with Gasteiger partial charge in [0, 0.05) is 31.4 Å². The lowest BCUT2D eigenvalue weighted by molar-refractivity contribution is 0.0598. The minimum Gasteiger partial charge on any atom is -0.465 e. The summed E-state index contributed by atoms with van der Waals surface area (Å²) in [6.07, 6.45) is 1.51. The Morgan fingerprint density at radius 3 is 2.50 bits per heavy atom. The largest absolute Gasteiger partial charge is 0.465 e. The van der Waals surface area contributed by atoms with Gasteiger partial charge in [-0.15, -0.1) is 0 Å². The summed E-state index contributed by atoms with van der Waals surface area (Å²) >= 11 is 0. The van der Waals surface area contributed by atoms with Gasteiger partial charge in [-0.3, -0.25) is 4.79 Å². The highest BCUT2D eigenvalue weighted by molar-refractivity contribution is 5.92. The average Bonchev–Trinajstić information content (AvgIpc) is 3.15. The van der Waals surface area contributed by atoms with Gasteiger partial charge in [0.15, 0.2) is 5.76 Å². The lowest BCUT2D eigenvalue weighted by Gasteiger charge is -2.40. The number of rotatable bonds is 3. The van der Waals surface area contributed by atoms with Gasteiger partial charge in [-0.05, 0) is 43.3 Å². The molecule has 0 spiro atoms. The molecular formula is C18H20N2O4. The molecular weight excluding hydrogens is 308 g/mol. The summed E-state index contributed by atoms with van der Waals surface area (Å²) in [5, 5.41) is 0. The smallest absolute Gasteiger partial charge is 0.337 e. The lowest BCUT2D eigenvalue weighted by Crippen LogP contribution is -2.54. The van der Waals surface area contributed by atoms with E-state index in [1.54, 1.807) is 24.3 Å². The van der Waals surface area contributed by atoms with E-state index >= 15 is 0 Å². The summed E-state index contributed by atoms with van der Waals surface area (Å²) in [5.41, 5.74) is 1.56. The molecule has 0 bridgehead atoms. The third-order valence-corrected chi connectivity index (χ3v) is 4.27. The highest BCUT2D eigenvalue weighted by Gasteiger charge is 2.29. The van der Waals surface area contributed by atoms with Crippen molar-refractivity contribution in [3.05, 3.63) is 54.0 Å². The minimum absolute atomic E-state index is 0.0663. The molecule has 0 N–H and O–H groups in total. The predicted molar refractivity (Wildman–Crippen MR) is 89.2 cm³/mol. The molecule has 1 aliphatic rings. The van der Waals surface area contributed by atoms with Gasteiger partial charge in [0.25, 0.3) is 5.91 Å². The summed E-state index contributed by atoms with van der Waals surface area (Å²) in [4.78, 5) is 28.0. The number of amides is 1. The maximum absolute atomic E-state index is 12.4. The second-order valence-electron chi connectivity index (χ2n) is 5.81. The fourth-order valence-electron chi connectivity index (χ4n) is 2.96. The lowest BCUT2D eigenvalue weighted by atomic mass is 10.1. The van der Waals surface area contributed by atoms with Gasteiger partial charge in [-0.25, -0.2) is 4.79 Å². The van der Waals surface area contributed by atoms with Crippen LogP contribution < -0.4 is 4.90 Å². The van der Waals surface area contributed by atoms with E-state index in [-0.39, 0.29) is 17.9 Å². The zero-order valence-corrected chi connectivity index (χ0v) is 13.8. The van der Waals surface area contributed by atoms with Crippen LogP contribution in [0.4, 0.5) is 5.69 Å². The molecule has 6 nitrogen and oxygen atoms in total. The number of esters is 1. The third kappa shape index (κ3) is 3.13. The molecule has 126 valence electrons. The standard InChI is InChI=1S/C18H20N2O4/c1-13-12-19(15-7-5-14(6-8-15)18(22)23-2)9-10-20(13)17(21)16-4-3-11-24-16/h3-8,11,13H,9-10,12H2,1-2H3/t13-/m0/s1. The normalized spacial score (nSPS) is 17.7. The molecule has 0 unspecified atom stereocenters. The van der Waals surface area contributed by atoms with Crippen LogP contribution in [0.1, 0.15) is 27.8 Å². The van der Waals surface area contributed by atoms with Crippen molar-refractivity contribution in [1.29, 1.82) is 0 Å². The van der Waals surface area contributed by atoms with Crippen LogP contribution in [-0.2, 0) is 4.74 Å². The summed E-state index contributed by atoms with van der Waals surface area (Å²) in [5.74, 6) is -0.0466. The number of anilines is 1. The molecule has 0 aliphatic carbocycles. The third-order valence-electron chi connectivity index (χ3n) is 4.27. The molecule has 1 aliphatic heterocycles. The van der Waals surface area contributed by atoms with Gasteiger partial charge in [-0.1, -0.05) is 0 Å². The van der Waals surface area contributed by atoms with Crippen molar-refractivity contribution in [3.8, 4) is 0 Å². The number of piperazine rings is 1. The van der Waals surface area contributed by atoms with E-state index in [4.69, 9.17) is 9.15 Å². The van der Waals surface area contributed by atoms with Crippen molar-refractivity contribution in [2.75, 3.05) is 31.6 Å². The monoisotopic (exact) mass is 328 g/mol. The van der Waals surface area contributed by atoms with Crippen LogP contribution in [0.25, 0.3) is 0 Å². The van der Waals surface area contributed by atoms with E-state index in [1.807, 2.05) is 24.0 Å². The first-order chi connectivity index (χ1) is 11.6. The molecule has 6 heteroatoms. The number of carbonyl (C=O) groups is 2. The van der Waals surface area contributed by atoms with E-state index in [2.05, 4.69) is 4.90 Å². The summed E-state index contributed by atoms with van der Waals surface area (Å²) in [7, 11) is 1.37. The fraction of sp³-hybridized carbons (Fsp3) is 0.333. The maximum Gasteiger partial charge on any atom is 0.337 e. The average molecular weight is 328 g/mol. The van der Waals surface area contributed by atoms with Crippen LogP contribution in [0.2, 0.25) is 0 Å². The molecule has 3 rings (SSSR count). The van der Waals surface area contributed by atoms with Crippen LogP contribution in [-0.4, -0.2) is 49.6 Å². The van der Waals surface area contributed by atoms with Gasteiger partial charge in [0.05, 0.1) is 18.9 Å². The van der Waals surface area contributed by atoms with Crippen LogP contribution >= 0.6 is 0 Å². The number of methoxy groups -OCH3 is 1. The minimum atomic E-state index is -0.344. The second kappa shape index (κ2) is 6.78. The first kappa shape index (κ1) is 16.1. The Kier molecular flexibility index (Phi) is 4.55. The second-order valence-corrected chi connectivity index (χ2v) is 5.81. The highest BCUT2D eigenvalue weighted by atomic mass is 16.5. The molecule has 1 amide bonds. The Bertz CT molecular complexity index is 709. The number of nitrogens with zero attached hydrogens (tertiary/aromatic N) is 2. The van der Waals surface area contributed by atoms with Crippen LogP contribution in [0.5, 0.6) is 0 Å². The Balaban J connectivity index is 1.67. The quantitative estimate of drug-likeness (QED) is 0.810. The molecule has 0 saturated carbocycles. The Morgan fingerprint density at radius 1 is 1.17 bits per heavy atom. The van der Waals surface area contributed by atoms with Crippen molar-refractivity contribution in [2.45, 2.75) is 13.0 Å². The molecule has 2 heterocycles. The van der Waals surface area contributed by atoms with Gasteiger partial charge in [0.2, 0.25) is 0 Å². The van der Waals surface area contributed by atoms with E-state index in [9.17, 15) is 9.59 Å². The van der Waals surface area contributed by atoms with Crippen molar-refractivity contribution in [1.82, 2.24) is 4.90 Å². The van der Waals surface area contributed by atoms with E-state index in [0.29, 0.717) is 17.9 Å². The number of carbonyl (C=O) groups excluding carboxylic acids is 2. The van der Waals surface area contributed by atoms with E-state index < -0.39 is 0 Å². The predicted octanol–water partition coefficient (Wildman–Crippen LogP) is 2.42. The number of furan rings is 1. The van der Waals surface area contributed by atoms with Crippen molar-refractivity contribution in [3.63, 3.8) is 0 Å². The molecule has 1 atom stereocenters. The van der Waals surface area contributed by atoms with Crippen LogP contribution in [0.3, 0.4) is 0 Å². The van der Waals surface area contributed by atoms with E-state index in [0.717, 1.165) is 18.8 Å². The summed E-state index contributed by atoms with van der Waals surface area (Å²) in [6, 6.07) is 10.8. The molecule has 2 aromatic rings. The Hall–Kier alpha value is -2.76. The van der Waals surface area contributed by atoms with Crippen molar-refractivity contribution in [2.24, 2.45) is 0 Å². The molecule has 1 aromatic heterocycles. The number of ether oxygens (including phenoxy) is 1. The van der Waals surface area contributed by atoms with E-state index in [1.165, 1.54) is 13.4 Å². The summed E-state index contributed by atoms with van der Waals surface area (Å²) in [6.45, 7) is 4.10. The first-order valence-electron chi connectivity index (χ1n) is 7.88. The van der Waals surface area contributed by atoms with Crippen LogP contribution in [0.15, 0.2) is 47.1 Å². The van der Waals surface area contributed by atoms with Gasteiger partial charge in [0.1, 0.15) is 0 Å². The van der Waals surface area contributed by atoms with Gasteiger partial charge >= 0.3 is 5.97 Å². The molecule has 1 aromatic carbocycles. The Morgan fingerprint density at radius 2 is 1.92 bits per heavy atom. The summed E-state index contributed by atoms with van der Waals surface area (Å²) < 4.78 is 9.91. The van der Waals surface area contributed by atoms with Crippen LogP contribution in [0, 0.1) is 0 Å². The first-order valence-corrected chi connectivity index (χ1v) is 7.88. The number of benzene rings is 1. The van der Waals surface area contributed by atoms with Gasteiger partial charge in [-0.2, -0.15) is 0 Å². The molecule has 0 radical (unpaired) electrons. The fourth-order valence-corrected chi connectivity index (χ4v) is 2.96. The Labute approximate surface area is 140 Å². The molecule has 24 heavy (non-hydrogen) atoms. The number of hydrogen-bond acceptors (Lipinski definition) is 5. The zero-order valence-electron chi connectivity index (χ0n) is 13.8. The number of hydrogen-bond donors (Lipinski definition) is 0. The topological polar surface area (TPSA) is 63.0 Å². The molecule has 1 saturated heterocycles. The SMILES string of the molecule is COC(=O)c1ccc(N2CCN(C(=O)c3ccco3)[C@@H](C)C2)cc1. The zero-order chi connectivity index (χ0) is 17.1. The highest BCUT2D eigenvalue weighted by Crippen LogP contribution is 2.21. The maximum atomic E-state index is 12.4.